The summed E-state index contributed by atoms with van der Waals surface area (Å²) in [6, 6.07) is 7.81. The molecule has 1 aliphatic rings. The van der Waals surface area contributed by atoms with E-state index in [4.69, 9.17) is 0 Å². The number of quaternary nitrogens is 1. The Bertz CT molecular complexity index is 569. The molecule has 1 aliphatic heterocycles. The highest BCUT2D eigenvalue weighted by molar-refractivity contribution is 7.99. The fourth-order valence-corrected chi connectivity index (χ4v) is 3.33. The highest BCUT2D eigenvalue weighted by Crippen LogP contribution is 2.26. The first-order valence-electron chi connectivity index (χ1n) is 7.82. The summed E-state index contributed by atoms with van der Waals surface area (Å²) in [5.41, 5.74) is 0.853. The third kappa shape index (κ3) is 5.41. The summed E-state index contributed by atoms with van der Waals surface area (Å²) < 4.78 is 0. The molecule has 2 rings (SSSR count). The minimum atomic E-state index is 0.0166. The van der Waals surface area contributed by atoms with E-state index in [2.05, 4.69) is 11.9 Å². The van der Waals surface area contributed by atoms with E-state index in [-0.39, 0.29) is 11.8 Å². The highest BCUT2D eigenvalue weighted by Gasteiger charge is 2.23. The van der Waals surface area contributed by atoms with E-state index in [0.717, 1.165) is 42.5 Å². The maximum atomic E-state index is 12.3. The zero-order chi connectivity index (χ0) is 16.7. The molecule has 0 radical (unpaired) electrons. The van der Waals surface area contributed by atoms with Gasteiger partial charge in [0.05, 0.1) is 31.9 Å². The van der Waals surface area contributed by atoms with Crippen molar-refractivity contribution in [3.8, 4) is 0 Å². The normalized spacial score (nSPS) is 15.3. The third-order valence-electron chi connectivity index (χ3n) is 3.84. The second-order valence-electron chi connectivity index (χ2n) is 5.58. The Morgan fingerprint density at radius 1 is 1.35 bits per heavy atom. The van der Waals surface area contributed by atoms with Crippen LogP contribution in [0.4, 0.5) is 5.69 Å². The molecule has 1 heterocycles. The number of hydrogen-bond acceptors (Lipinski definition) is 3. The van der Waals surface area contributed by atoms with E-state index in [1.165, 1.54) is 4.90 Å². The molecule has 1 aromatic rings. The average Bonchev–Trinajstić information content (AvgIpc) is 2.54. The molecular formula is C17H24N3O2S+. The van der Waals surface area contributed by atoms with Gasteiger partial charge in [0, 0.05) is 17.6 Å². The van der Waals surface area contributed by atoms with Gasteiger partial charge >= 0.3 is 0 Å². The van der Waals surface area contributed by atoms with Gasteiger partial charge in [-0.05, 0) is 12.1 Å². The molecule has 1 saturated heterocycles. The van der Waals surface area contributed by atoms with Crippen LogP contribution >= 0.6 is 11.8 Å². The van der Waals surface area contributed by atoms with Gasteiger partial charge in [-0.1, -0.05) is 18.2 Å². The first-order chi connectivity index (χ1) is 11.1. The summed E-state index contributed by atoms with van der Waals surface area (Å²) in [4.78, 5) is 27.7. The Morgan fingerprint density at radius 2 is 2.04 bits per heavy atom. The number of benzene rings is 1. The molecule has 0 bridgehead atoms. The van der Waals surface area contributed by atoms with E-state index in [0.29, 0.717) is 6.54 Å². The molecule has 23 heavy (non-hydrogen) atoms. The minimum absolute atomic E-state index is 0.0166. The van der Waals surface area contributed by atoms with Gasteiger partial charge in [-0.15, -0.1) is 18.3 Å². The minimum Gasteiger partial charge on any atom is -0.332 e. The summed E-state index contributed by atoms with van der Waals surface area (Å²) >= 11 is 1.65. The van der Waals surface area contributed by atoms with Gasteiger partial charge in [0.1, 0.15) is 0 Å². The van der Waals surface area contributed by atoms with Crippen LogP contribution in [0.25, 0.3) is 0 Å². The number of nitrogens with zero attached hydrogens (tertiary/aromatic N) is 1. The molecule has 0 atom stereocenters. The van der Waals surface area contributed by atoms with Gasteiger partial charge in [-0.3, -0.25) is 9.59 Å². The highest BCUT2D eigenvalue weighted by atomic mass is 32.2. The Hall–Kier alpha value is -1.79. The number of carbonyl (C=O) groups excluding carboxylic acids is 2. The molecule has 0 unspecified atom stereocenters. The van der Waals surface area contributed by atoms with Crippen molar-refractivity contribution in [1.29, 1.82) is 0 Å². The number of piperazine rings is 1. The molecular weight excluding hydrogens is 310 g/mol. The third-order valence-corrected chi connectivity index (χ3v) is 4.91. The molecule has 1 fully saturated rings. The lowest BCUT2D eigenvalue weighted by Crippen LogP contribution is -3.15. The van der Waals surface area contributed by atoms with Crippen molar-refractivity contribution in [2.24, 2.45) is 0 Å². The van der Waals surface area contributed by atoms with Crippen molar-refractivity contribution in [2.75, 3.05) is 43.8 Å². The number of nitrogens with one attached hydrogen (secondary N) is 2. The summed E-state index contributed by atoms with van der Waals surface area (Å²) in [5, 5.41) is 3.01. The second-order valence-corrected chi connectivity index (χ2v) is 6.64. The van der Waals surface area contributed by atoms with Crippen LogP contribution in [-0.2, 0) is 9.59 Å². The lowest BCUT2D eigenvalue weighted by Gasteiger charge is -2.31. The van der Waals surface area contributed by atoms with Gasteiger partial charge in [0.2, 0.25) is 5.91 Å². The van der Waals surface area contributed by atoms with Crippen molar-refractivity contribution >= 4 is 29.3 Å². The lowest BCUT2D eigenvalue weighted by atomic mass is 10.3. The molecule has 0 spiro atoms. The summed E-state index contributed by atoms with van der Waals surface area (Å²) in [5.74, 6) is 0.940. The van der Waals surface area contributed by atoms with E-state index in [1.807, 2.05) is 35.2 Å². The Labute approximate surface area is 141 Å². The summed E-state index contributed by atoms with van der Waals surface area (Å²) in [6.45, 7) is 8.84. The molecule has 0 aromatic heterocycles. The maximum Gasteiger partial charge on any atom is 0.279 e. The van der Waals surface area contributed by atoms with Crippen LogP contribution in [0.2, 0.25) is 0 Å². The molecule has 1 aromatic carbocycles. The monoisotopic (exact) mass is 334 g/mol. The molecule has 5 nitrogen and oxygen atoms in total. The molecule has 2 amide bonds. The van der Waals surface area contributed by atoms with Gasteiger partial charge in [-0.2, -0.15) is 0 Å². The predicted molar refractivity (Wildman–Crippen MR) is 93.8 cm³/mol. The van der Waals surface area contributed by atoms with Crippen LogP contribution in [0.5, 0.6) is 0 Å². The molecule has 124 valence electrons. The van der Waals surface area contributed by atoms with Crippen LogP contribution in [0, 0.1) is 0 Å². The van der Waals surface area contributed by atoms with Crippen molar-refractivity contribution in [3.63, 3.8) is 0 Å². The number of thioether (sulfide) groups is 1. The van der Waals surface area contributed by atoms with Gasteiger partial charge in [0.15, 0.2) is 6.54 Å². The predicted octanol–water partition coefficient (Wildman–Crippen LogP) is 0.650. The SMILES string of the molecule is C=CCSc1ccccc1NC(=O)C[NH+]1CCN(C(C)=O)CC1. The van der Waals surface area contributed by atoms with Crippen LogP contribution in [0.1, 0.15) is 6.92 Å². The van der Waals surface area contributed by atoms with Crippen LogP contribution in [-0.4, -0.2) is 55.2 Å². The number of para-hydroxylation sites is 1. The number of hydrogen-bond donors (Lipinski definition) is 2. The van der Waals surface area contributed by atoms with Crippen molar-refractivity contribution in [3.05, 3.63) is 36.9 Å². The first kappa shape index (κ1) is 17.6. The van der Waals surface area contributed by atoms with Gasteiger partial charge < -0.3 is 15.1 Å². The van der Waals surface area contributed by atoms with Crippen molar-refractivity contribution < 1.29 is 14.5 Å². The fourth-order valence-electron chi connectivity index (χ4n) is 2.58. The quantitative estimate of drug-likeness (QED) is 0.593. The zero-order valence-electron chi connectivity index (χ0n) is 13.5. The lowest BCUT2D eigenvalue weighted by molar-refractivity contribution is -0.895. The number of amides is 2. The number of carbonyl (C=O) groups is 2. The van der Waals surface area contributed by atoms with Gasteiger partial charge in [0.25, 0.3) is 5.91 Å². The number of rotatable bonds is 6. The Balaban J connectivity index is 1.86. The molecule has 0 aliphatic carbocycles. The smallest absolute Gasteiger partial charge is 0.279 e. The largest absolute Gasteiger partial charge is 0.332 e. The summed E-state index contributed by atoms with van der Waals surface area (Å²) in [7, 11) is 0. The van der Waals surface area contributed by atoms with E-state index in [9.17, 15) is 9.59 Å². The second kappa shape index (κ2) is 8.74. The Kier molecular flexibility index (Phi) is 6.67. The average molecular weight is 334 g/mol. The number of anilines is 1. The molecule has 6 heteroatoms. The fraction of sp³-hybridized carbons (Fsp3) is 0.412. The van der Waals surface area contributed by atoms with E-state index in [1.54, 1.807) is 18.7 Å². The molecule has 2 N–H and O–H groups in total. The van der Waals surface area contributed by atoms with E-state index < -0.39 is 0 Å². The van der Waals surface area contributed by atoms with Crippen LogP contribution in [0.15, 0.2) is 41.8 Å². The van der Waals surface area contributed by atoms with Crippen LogP contribution < -0.4 is 10.2 Å². The topological polar surface area (TPSA) is 53.9 Å². The van der Waals surface area contributed by atoms with E-state index >= 15 is 0 Å². The summed E-state index contributed by atoms with van der Waals surface area (Å²) in [6.07, 6.45) is 1.85. The maximum absolute atomic E-state index is 12.3. The first-order valence-corrected chi connectivity index (χ1v) is 8.80. The Morgan fingerprint density at radius 3 is 2.70 bits per heavy atom. The van der Waals surface area contributed by atoms with Crippen LogP contribution in [0.3, 0.4) is 0 Å². The van der Waals surface area contributed by atoms with Crippen molar-refractivity contribution in [1.82, 2.24) is 4.90 Å². The van der Waals surface area contributed by atoms with Gasteiger partial charge in [-0.25, -0.2) is 0 Å². The van der Waals surface area contributed by atoms with Crippen molar-refractivity contribution in [2.45, 2.75) is 11.8 Å². The zero-order valence-corrected chi connectivity index (χ0v) is 14.3. The standard InChI is InChI=1S/C17H23N3O2S/c1-3-12-23-16-7-5-4-6-15(16)18-17(22)13-19-8-10-20(11-9-19)14(2)21/h3-7H,1,8-13H2,2H3,(H,18,22)/p+1. The molecule has 0 saturated carbocycles.